The van der Waals surface area contributed by atoms with Crippen molar-refractivity contribution in [3.63, 3.8) is 0 Å². The fraction of sp³-hybridized carbons (Fsp3) is 0.125. The van der Waals surface area contributed by atoms with E-state index in [0.29, 0.717) is 0 Å². The van der Waals surface area contributed by atoms with Crippen molar-refractivity contribution in [2.45, 2.75) is 13.8 Å². The maximum absolute atomic E-state index is 9.44. The predicted octanol–water partition coefficient (Wildman–Crippen LogP) is 4.42. The van der Waals surface area contributed by atoms with E-state index in [1.807, 2.05) is 44.2 Å². The average molecular weight is 238 g/mol. The SMILES string of the molecule is Cc1cc(O)ccc1-c1cc2cccc(C)c2o1. The molecule has 0 unspecified atom stereocenters. The first-order chi connectivity index (χ1) is 8.65. The molecule has 0 atom stereocenters. The molecule has 18 heavy (non-hydrogen) atoms. The van der Waals surface area contributed by atoms with Crippen molar-refractivity contribution in [1.29, 1.82) is 0 Å². The first-order valence-electron chi connectivity index (χ1n) is 5.94. The second kappa shape index (κ2) is 3.91. The normalized spacial score (nSPS) is 11.0. The molecule has 0 bridgehead atoms. The molecular weight excluding hydrogens is 224 g/mol. The van der Waals surface area contributed by atoms with Crippen LogP contribution in [0.2, 0.25) is 0 Å². The van der Waals surface area contributed by atoms with Crippen LogP contribution in [0.1, 0.15) is 11.1 Å². The van der Waals surface area contributed by atoms with E-state index >= 15 is 0 Å². The van der Waals surface area contributed by atoms with Crippen molar-refractivity contribution in [3.05, 3.63) is 53.6 Å². The van der Waals surface area contributed by atoms with E-state index in [1.165, 1.54) is 0 Å². The van der Waals surface area contributed by atoms with Crippen LogP contribution in [-0.4, -0.2) is 5.11 Å². The molecule has 1 N–H and O–H groups in total. The third-order valence-corrected chi connectivity index (χ3v) is 3.22. The van der Waals surface area contributed by atoms with Gasteiger partial charge in [-0.1, -0.05) is 18.2 Å². The van der Waals surface area contributed by atoms with Crippen molar-refractivity contribution < 1.29 is 9.52 Å². The average Bonchev–Trinajstić information content (AvgIpc) is 2.74. The Bertz CT molecular complexity index is 723. The van der Waals surface area contributed by atoms with Gasteiger partial charge in [0.25, 0.3) is 0 Å². The quantitative estimate of drug-likeness (QED) is 0.680. The maximum Gasteiger partial charge on any atom is 0.137 e. The van der Waals surface area contributed by atoms with Gasteiger partial charge in [-0.3, -0.25) is 0 Å². The van der Waals surface area contributed by atoms with Crippen LogP contribution in [0, 0.1) is 13.8 Å². The summed E-state index contributed by atoms with van der Waals surface area (Å²) in [6.45, 7) is 4.01. The van der Waals surface area contributed by atoms with E-state index in [1.54, 1.807) is 12.1 Å². The number of furan rings is 1. The Kier molecular flexibility index (Phi) is 2.37. The van der Waals surface area contributed by atoms with Gasteiger partial charge in [-0.05, 0) is 49.2 Å². The van der Waals surface area contributed by atoms with Crippen LogP contribution < -0.4 is 0 Å². The molecule has 0 saturated carbocycles. The Morgan fingerprint density at radius 2 is 1.78 bits per heavy atom. The molecule has 0 aliphatic heterocycles. The van der Waals surface area contributed by atoms with Crippen LogP contribution in [0.15, 0.2) is 46.9 Å². The van der Waals surface area contributed by atoms with Crippen molar-refractivity contribution in [2.75, 3.05) is 0 Å². The largest absolute Gasteiger partial charge is 0.508 e. The van der Waals surface area contributed by atoms with Crippen LogP contribution in [0.3, 0.4) is 0 Å². The molecule has 0 saturated heterocycles. The zero-order valence-electron chi connectivity index (χ0n) is 10.4. The van der Waals surface area contributed by atoms with Crippen molar-refractivity contribution in [3.8, 4) is 17.1 Å². The summed E-state index contributed by atoms with van der Waals surface area (Å²) in [4.78, 5) is 0. The van der Waals surface area contributed by atoms with Crippen molar-refractivity contribution in [2.24, 2.45) is 0 Å². The number of aromatic hydroxyl groups is 1. The molecule has 0 amide bonds. The molecule has 0 aliphatic carbocycles. The Labute approximate surface area is 105 Å². The number of hydrogen-bond donors (Lipinski definition) is 1. The Morgan fingerprint density at radius 3 is 2.50 bits per heavy atom. The monoisotopic (exact) mass is 238 g/mol. The number of hydrogen-bond acceptors (Lipinski definition) is 2. The first kappa shape index (κ1) is 10.9. The molecule has 0 fully saturated rings. The number of aryl methyl sites for hydroxylation is 2. The lowest BCUT2D eigenvalue weighted by Gasteiger charge is -2.02. The third-order valence-electron chi connectivity index (χ3n) is 3.22. The summed E-state index contributed by atoms with van der Waals surface area (Å²) in [5, 5.41) is 10.5. The van der Waals surface area contributed by atoms with E-state index in [0.717, 1.165) is 33.4 Å². The number of rotatable bonds is 1. The van der Waals surface area contributed by atoms with E-state index in [4.69, 9.17) is 4.42 Å². The van der Waals surface area contributed by atoms with Gasteiger partial charge in [0.05, 0.1) is 0 Å². The lowest BCUT2D eigenvalue weighted by atomic mass is 10.1. The second-order valence-corrected chi connectivity index (χ2v) is 4.60. The molecule has 1 heterocycles. The highest BCUT2D eigenvalue weighted by molar-refractivity contribution is 5.85. The van der Waals surface area contributed by atoms with Gasteiger partial charge in [-0.15, -0.1) is 0 Å². The fourth-order valence-electron chi connectivity index (χ4n) is 2.27. The number of benzene rings is 2. The second-order valence-electron chi connectivity index (χ2n) is 4.60. The summed E-state index contributed by atoms with van der Waals surface area (Å²) < 4.78 is 5.92. The fourth-order valence-corrected chi connectivity index (χ4v) is 2.27. The van der Waals surface area contributed by atoms with E-state index in [-0.39, 0.29) is 5.75 Å². The van der Waals surface area contributed by atoms with Gasteiger partial charge in [0.2, 0.25) is 0 Å². The molecule has 2 heteroatoms. The van der Waals surface area contributed by atoms with Gasteiger partial charge in [-0.2, -0.15) is 0 Å². The summed E-state index contributed by atoms with van der Waals surface area (Å²) in [5.74, 6) is 1.13. The number of phenols is 1. The smallest absolute Gasteiger partial charge is 0.137 e. The minimum Gasteiger partial charge on any atom is -0.508 e. The van der Waals surface area contributed by atoms with Crippen LogP contribution in [-0.2, 0) is 0 Å². The van der Waals surface area contributed by atoms with Gasteiger partial charge in [0, 0.05) is 10.9 Å². The van der Waals surface area contributed by atoms with E-state index in [2.05, 4.69) is 0 Å². The lowest BCUT2D eigenvalue weighted by molar-refractivity contribution is 0.475. The summed E-state index contributed by atoms with van der Waals surface area (Å²) in [5.41, 5.74) is 4.09. The first-order valence-corrected chi connectivity index (χ1v) is 5.94. The summed E-state index contributed by atoms with van der Waals surface area (Å²) >= 11 is 0. The molecule has 1 aromatic heterocycles. The molecule has 0 spiro atoms. The predicted molar refractivity (Wildman–Crippen MR) is 72.8 cm³/mol. The number of phenolic OH excluding ortho intramolecular Hbond substituents is 1. The number of fused-ring (bicyclic) bond motifs is 1. The zero-order chi connectivity index (χ0) is 12.7. The topological polar surface area (TPSA) is 33.4 Å². The van der Waals surface area contributed by atoms with Crippen molar-refractivity contribution in [1.82, 2.24) is 0 Å². The minimum absolute atomic E-state index is 0.281. The zero-order valence-corrected chi connectivity index (χ0v) is 10.4. The summed E-state index contributed by atoms with van der Waals surface area (Å²) in [6, 6.07) is 13.5. The van der Waals surface area contributed by atoms with Gasteiger partial charge in [0.15, 0.2) is 0 Å². The van der Waals surface area contributed by atoms with Crippen LogP contribution in [0.5, 0.6) is 5.75 Å². The highest BCUT2D eigenvalue weighted by atomic mass is 16.3. The Morgan fingerprint density at radius 1 is 0.944 bits per heavy atom. The molecule has 0 radical (unpaired) electrons. The van der Waals surface area contributed by atoms with Crippen LogP contribution >= 0.6 is 0 Å². The molecular formula is C16H14O2. The van der Waals surface area contributed by atoms with Crippen LogP contribution in [0.25, 0.3) is 22.3 Å². The minimum atomic E-state index is 0.281. The molecule has 3 rings (SSSR count). The van der Waals surface area contributed by atoms with Crippen molar-refractivity contribution >= 4 is 11.0 Å². The highest BCUT2D eigenvalue weighted by Gasteiger charge is 2.10. The molecule has 3 aromatic rings. The summed E-state index contributed by atoms with van der Waals surface area (Å²) in [6.07, 6.45) is 0. The van der Waals surface area contributed by atoms with Gasteiger partial charge in [0.1, 0.15) is 17.1 Å². The maximum atomic E-state index is 9.44. The molecule has 0 aliphatic rings. The Hall–Kier alpha value is -2.22. The molecule has 2 aromatic carbocycles. The standard InChI is InChI=1S/C16H14O2/c1-10-4-3-5-12-9-15(18-16(10)12)14-7-6-13(17)8-11(14)2/h3-9,17H,1-2H3. The highest BCUT2D eigenvalue weighted by Crippen LogP contribution is 2.32. The Balaban J connectivity index is 2.23. The third kappa shape index (κ3) is 1.66. The lowest BCUT2D eigenvalue weighted by Crippen LogP contribution is -1.79. The van der Waals surface area contributed by atoms with E-state index in [9.17, 15) is 5.11 Å². The van der Waals surface area contributed by atoms with E-state index < -0.39 is 0 Å². The molecule has 90 valence electrons. The number of para-hydroxylation sites is 1. The summed E-state index contributed by atoms with van der Waals surface area (Å²) in [7, 11) is 0. The van der Waals surface area contributed by atoms with Gasteiger partial charge >= 0.3 is 0 Å². The van der Waals surface area contributed by atoms with Crippen LogP contribution in [0.4, 0.5) is 0 Å². The van der Waals surface area contributed by atoms with Gasteiger partial charge < -0.3 is 9.52 Å². The van der Waals surface area contributed by atoms with Gasteiger partial charge in [-0.25, -0.2) is 0 Å². The molecule has 2 nitrogen and oxygen atoms in total.